The summed E-state index contributed by atoms with van der Waals surface area (Å²) in [6.07, 6.45) is 0. The Hall–Kier alpha value is -4.62. The van der Waals surface area contributed by atoms with Crippen LogP contribution in [0.25, 0.3) is 43.7 Å². The zero-order valence-corrected chi connectivity index (χ0v) is 19.7. The van der Waals surface area contributed by atoms with Crippen molar-refractivity contribution in [3.05, 3.63) is 156 Å². The fraction of sp³-hybridized carbons (Fsp3) is 0.0286. The first kappa shape index (κ1) is 19.7. The summed E-state index contributed by atoms with van der Waals surface area (Å²) in [4.78, 5) is 3.86. The first-order valence-electron chi connectivity index (χ1n) is 12.5. The Kier molecular flexibility index (Phi) is 3.93. The molecule has 1 aromatic heterocycles. The summed E-state index contributed by atoms with van der Waals surface area (Å²) in [6, 6.07) is 48.9. The molecule has 1 heterocycles. The third-order valence-electron chi connectivity index (χ3n) is 8.07. The molecule has 0 saturated carbocycles. The molecule has 1 N–H and O–H groups in total. The van der Waals surface area contributed by atoms with Crippen molar-refractivity contribution in [1.82, 2.24) is 4.98 Å². The van der Waals surface area contributed by atoms with Crippen LogP contribution in [0, 0.1) is 0 Å². The SMILES string of the molecule is c1ccc(C2(c3ccccc3)c3ccc4ccccc4c3-c3ccc4c([nH]c5ccccc54)c32)cc1. The third kappa shape index (κ3) is 2.40. The van der Waals surface area contributed by atoms with E-state index in [9.17, 15) is 0 Å². The zero-order valence-electron chi connectivity index (χ0n) is 19.7. The van der Waals surface area contributed by atoms with E-state index in [2.05, 4.69) is 138 Å². The summed E-state index contributed by atoms with van der Waals surface area (Å²) in [6.45, 7) is 0. The first-order chi connectivity index (χ1) is 17.9. The normalized spacial score (nSPS) is 13.8. The van der Waals surface area contributed by atoms with E-state index >= 15 is 0 Å². The molecule has 7 aromatic rings. The Morgan fingerprint density at radius 2 is 1.11 bits per heavy atom. The van der Waals surface area contributed by atoms with Crippen LogP contribution < -0.4 is 0 Å². The molecule has 0 saturated heterocycles. The van der Waals surface area contributed by atoms with Gasteiger partial charge in [-0.3, -0.25) is 0 Å². The smallest absolute Gasteiger partial charge is 0.0734 e. The fourth-order valence-electron chi connectivity index (χ4n) is 6.67. The van der Waals surface area contributed by atoms with Crippen LogP contribution in [0.3, 0.4) is 0 Å². The molecule has 1 nitrogen and oxygen atoms in total. The molecule has 0 spiro atoms. The van der Waals surface area contributed by atoms with Crippen LogP contribution in [-0.4, -0.2) is 4.98 Å². The monoisotopic (exact) mass is 457 g/mol. The van der Waals surface area contributed by atoms with E-state index in [4.69, 9.17) is 0 Å². The molecule has 1 aliphatic rings. The number of aromatic amines is 1. The Bertz CT molecular complexity index is 1890. The predicted molar refractivity (Wildman–Crippen MR) is 151 cm³/mol. The molecule has 0 fully saturated rings. The van der Waals surface area contributed by atoms with Crippen molar-refractivity contribution in [3.8, 4) is 11.1 Å². The highest BCUT2D eigenvalue weighted by molar-refractivity contribution is 6.14. The average Bonchev–Trinajstić information content (AvgIpc) is 3.48. The van der Waals surface area contributed by atoms with Crippen molar-refractivity contribution in [3.63, 3.8) is 0 Å². The van der Waals surface area contributed by atoms with E-state index < -0.39 is 5.41 Å². The molecule has 6 aromatic carbocycles. The fourth-order valence-corrected chi connectivity index (χ4v) is 6.67. The van der Waals surface area contributed by atoms with E-state index in [-0.39, 0.29) is 0 Å². The number of aromatic nitrogens is 1. The van der Waals surface area contributed by atoms with Gasteiger partial charge in [-0.2, -0.15) is 0 Å². The van der Waals surface area contributed by atoms with Crippen molar-refractivity contribution in [2.24, 2.45) is 0 Å². The standard InChI is InChI=1S/C35H23N/c1-3-12-24(13-4-1)35(25-14-5-2-6-15-25)30-22-19-23-11-7-8-16-26(23)32(30)29-21-20-28-27-17-9-10-18-31(27)36-34(28)33(29)35/h1-22,36H. The average molecular weight is 458 g/mol. The molecule has 8 rings (SSSR count). The highest BCUT2D eigenvalue weighted by Crippen LogP contribution is 2.59. The third-order valence-corrected chi connectivity index (χ3v) is 8.07. The minimum Gasteiger partial charge on any atom is -0.354 e. The van der Waals surface area contributed by atoms with Gasteiger partial charge >= 0.3 is 0 Å². The van der Waals surface area contributed by atoms with Gasteiger partial charge in [0.1, 0.15) is 0 Å². The van der Waals surface area contributed by atoms with Gasteiger partial charge in [-0.15, -0.1) is 0 Å². The van der Waals surface area contributed by atoms with Crippen LogP contribution >= 0.6 is 0 Å². The summed E-state index contributed by atoms with van der Waals surface area (Å²) >= 11 is 0. The van der Waals surface area contributed by atoms with E-state index in [1.807, 2.05) is 0 Å². The summed E-state index contributed by atoms with van der Waals surface area (Å²) in [7, 11) is 0. The van der Waals surface area contributed by atoms with Crippen molar-refractivity contribution < 1.29 is 0 Å². The molecule has 1 aliphatic carbocycles. The Morgan fingerprint density at radius 1 is 0.472 bits per heavy atom. The van der Waals surface area contributed by atoms with Gasteiger partial charge in [0.05, 0.1) is 10.9 Å². The molecule has 0 unspecified atom stereocenters. The second-order valence-corrected chi connectivity index (χ2v) is 9.77. The van der Waals surface area contributed by atoms with Crippen molar-refractivity contribution in [2.75, 3.05) is 0 Å². The molecule has 1 heteroatoms. The molecule has 0 radical (unpaired) electrons. The van der Waals surface area contributed by atoms with Gasteiger partial charge in [0, 0.05) is 21.9 Å². The summed E-state index contributed by atoms with van der Waals surface area (Å²) in [5.74, 6) is 0. The maximum Gasteiger partial charge on any atom is 0.0734 e. The number of hydrogen-bond donors (Lipinski definition) is 1. The second kappa shape index (κ2) is 7.19. The Balaban J connectivity index is 1.66. The van der Waals surface area contributed by atoms with Crippen LogP contribution in [0.1, 0.15) is 22.3 Å². The van der Waals surface area contributed by atoms with Gasteiger partial charge in [-0.25, -0.2) is 0 Å². The second-order valence-electron chi connectivity index (χ2n) is 9.77. The summed E-state index contributed by atoms with van der Waals surface area (Å²) < 4.78 is 0. The number of rotatable bonds is 2. The van der Waals surface area contributed by atoms with Gasteiger partial charge < -0.3 is 4.98 Å². The topological polar surface area (TPSA) is 15.8 Å². The maximum absolute atomic E-state index is 3.86. The zero-order chi connectivity index (χ0) is 23.7. The lowest BCUT2D eigenvalue weighted by molar-refractivity contribution is 0.774. The van der Waals surface area contributed by atoms with Gasteiger partial charge in [-0.1, -0.05) is 127 Å². The maximum atomic E-state index is 3.86. The number of nitrogens with one attached hydrogen (secondary N) is 1. The summed E-state index contributed by atoms with van der Waals surface area (Å²) in [5, 5.41) is 5.13. The van der Waals surface area contributed by atoms with Gasteiger partial charge in [0.2, 0.25) is 0 Å². The minimum atomic E-state index is -0.433. The van der Waals surface area contributed by atoms with E-state index in [1.165, 1.54) is 66.0 Å². The Morgan fingerprint density at radius 3 is 1.86 bits per heavy atom. The molecule has 0 aliphatic heterocycles. The molecular formula is C35H23N. The van der Waals surface area contributed by atoms with E-state index in [0.717, 1.165) is 0 Å². The van der Waals surface area contributed by atoms with Gasteiger partial charge in [0.25, 0.3) is 0 Å². The van der Waals surface area contributed by atoms with Crippen LogP contribution in [0.5, 0.6) is 0 Å². The van der Waals surface area contributed by atoms with E-state index in [1.54, 1.807) is 0 Å². The number of hydrogen-bond acceptors (Lipinski definition) is 0. The lowest BCUT2D eigenvalue weighted by Gasteiger charge is -2.34. The van der Waals surface area contributed by atoms with Crippen LogP contribution in [0.4, 0.5) is 0 Å². The van der Waals surface area contributed by atoms with Crippen molar-refractivity contribution in [2.45, 2.75) is 5.41 Å². The number of para-hydroxylation sites is 1. The number of fused-ring (bicyclic) bond motifs is 9. The lowest BCUT2D eigenvalue weighted by Crippen LogP contribution is -2.28. The molecule has 168 valence electrons. The van der Waals surface area contributed by atoms with Crippen LogP contribution in [0.15, 0.2) is 133 Å². The highest BCUT2D eigenvalue weighted by atomic mass is 14.7. The molecule has 0 atom stereocenters. The lowest BCUT2D eigenvalue weighted by atomic mass is 9.67. The molecule has 36 heavy (non-hydrogen) atoms. The minimum absolute atomic E-state index is 0.433. The molecule has 0 amide bonds. The number of H-pyrrole nitrogens is 1. The van der Waals surface area contributed by atoms with Crippen molar-refractivity contribution >= 4 is 32.6 Å². The molecular weight excluding hydrogens is 434 g/mol. The largest absolute Gasteiger partial charge is 0.354 e. The van der Waals surface area contributed by atoms with Gasteiger partial charge in [-0.05, 0) is 44.7 Å². The quantitative estimate of drug-likeness (QED) is 0.267. The van der Waals surface area contributed by atoms with Crippen molar-refractivity contribution in [1.29, 1.82) is 0 Å². The molecule has 0 bridgehead atoms. The van der Waals surface area contributed by atoms with E-state index in [0.29, 0.717) is 0 Å². The number of benzene rings is 6. The summed E-state index contributed by atoms with van der Waals surface area (Å²) in [5.41, 5.74) is 9.90. The van der Waals surface area contributed by atoms with Crippen LogP contribution in [0.2, 0.25) is 0 Å². The first-order valence-corrected chi connectivity index (χ1v) is 12.5. The van der Waals surface area contributed by atoms with Gasteiger partial charge in [0.15, 0.2) is 0 Å². The van der Waals surface area contributed by atoms with Crippen LogP contribution in [-0.2, 0) is 5.41 Å². The predicted octanol–water partition coefficient (Wildman–Crippen LogP) is 8.84. The Labute approximate surface area is 209 Å². The highest BCUT2D eigenvalue weighted by Gasteiger charge is 2.48.